The summed E-state index contributed by atoms with van der Waals surface area (Å²) in [5.41, 5.74) is 8.39. The van der Waals surface area contributed by atoms with Crippen molar-refractivity contribution in [2.75, 3.05) is 13.7 Å². The third-order valence-corrected chi connectivity index (χ3v) is 4.52. The van der Waals surface area contributed by atoms with Gasteiger partial charge in [0.05, 0.1) is 19.4 Å². The number of aliphatic hydroxyl groups excluding tert-OH is 1. The first-order valence-corrected chi connectivity index (χ1v) is 9.06. The fourth-order valence-electron chi connectivity index (χ4n) is 3.07. The van der Waals surface area contributed by atoms with E-state index in [-0.39, 0.29) is 19.1 Å². The van der Waals surface area contributed by atoms with Crippen molar-refractivity contribution in [1.82, 2.24) is 14.9 Å². The van der Waals surface area contributed by atoms with Gasteiger partial charge in [-0.3, -0.25) is 4.79 Å². The van der Waals surface area contributed by atoms with Crippen molar-refractivity contribution < 1.29 is 14.6 Å². The second-order valence-electron chi connectivity index (χ2n) is 6.31. The van der Waals surface area contributed by atoms with E-state index >= 15 is 0 Å². The van der Waals surface area contributed by atoms with Gasteiger partial charge in [-0.2, -0.15) is 0 Å². The monoisotopic (exact) mass is 393 g/mol. The Morgan fingerprint density at radius 1 is 1.34 bits per heavy atom. The van der Waals surface area contributed by atoms with Crippen molar-refractivity contribution >= 4 is 28.7 Å². The first-order chi connectivity index (χ1) is 14.1. The summed E-state index contributed by atoms with van der Waals surface area (Å²) < 4.78 is 6.87. The smallest absolute Gasteiger partial charge is 0.268 e. The number of nitrogens with one attached hydrogen (secondary N) is 2. The van der Waals surface area contributed by atoms with Crippen LogP contribution < -0.4 is 15.8 Å². The molecule has 0 aliphatic heterocycles. The number of aromatic nitrogens is 2. The van der Waals surface area contributed by atoms with E-state index in [1.165, 1.54) is 6.20 Å². The molecule has 29 heavy (non-hydrogen) atoms. The molecule has 0 atom stereocenters. The molecule has 0 saturated heterocycles. The highest BCUT2D eigenvalue weighted by Gasteiger charge is 2.17. The van der Waals surface area contributed by atoms with E-state index in [1.54, 1.807) is 23.8 Å². The number of hydrogen-bond donors (Lipinski definition) is 4. The predicted molar refractivity (Wildman–Crippen MR) is 112 cm³/mol. The van der Waals surface area contributed by atoms with E-state index in [0.29, 0.717) is 29.2 Å². The van der Waals surface area contributed by atoms with Gasteiger partial charge in [-0.15, -0.1) is 0 Å². The molecular weight excluding hydrogens is 370 g/mol. The van der Waals surface area contributed by atoms with E-state index < -0.39 is 0 Å². The van der Waals surface area contributed by atoms with Crippen LogP contribution in [0.4, 0.5) is 0 Å². The molecule has 0 fully saturated rings. The Kier molecular flexibility index (Phi) is 6.25. The van der Waals surface area contributed by atoms with Gasteiger partial charge in [-0.25, -0.2) is 4.98 Å². The number of amides is 1. The molecule has 8 nitrogen and oxygen atoms in total. The van der Waals surface area contributed by atoms with Gasteiger partial charge in [-0.1, -0.05) is 12.1 Å². The molecule has 0 spiro atoms. The lowest BCUT2D eigenvalue weighted by Gasteiger charge is -2.10. The predicted octanol–water partition coefficient (Wildman–Crippen LogP) is 1.92. The highest BCUT2D eigenvalue weighted by atomic mass is 16.5. The summed E-state index contributed by atoms with van der Waals surface area (Å²) >= 11 is 0. The molecule has 150 valence electrons. The lowest BCUT2D eigenvalue weighted by molar-refractivity contribution is 0.0940. The number of aliphatic hydroxyl groups is 1. The maximum atomic E-state index is 12.8. The number of carbonyl (C=O) groups is 1. The topological polar surface area (TPSA) is 126 Å². The van der Waals surface area contributed by atoms with E-state index in [1.807, 2.05) is 30.3 Å². The molecule has 3 aromatic rings. The lowest BCUT2D eigenvalue weighted by Crippen LogP contribution is -2.26. The Morgan fingerprint density at radius 3 is 2.86 bits per heavy atom. The summed E-state index contributed by atoms with van der Waals surface area (Å²) in [6.07, 6.45) is 2.43. The highest BCUT2D eigenvalue weighted by molar-refractivity contribution is 6.08. The van der Waals surface area contributed by atoms with Gasteiger partial charge in [0.2, 0.25) is 0 Å². The molecule has 0 radical (unpaired) electrons. The van der Waals surface area contributed by atoms with Crippen LogP contribution in [-0.2, 0) is 13.1 Å². The van der Waals surface area contributed by atoms with Crippen LogP contribution in [0, 0.1) is 5.41 Å². The van der Waals surface area contributed by atoms with Gasteiger partial charge in [0.25, 0.3) is 5.91 Å². The normalized spacial score (nSPS) is 11.4. The van der Waals surface area contributed by atoms with Crippen LogP contribution in [-0.4, -0.2) is 40.5 Å². The lowest BCUT2D eigenvalue weighted by atomic mass is 10.2. The van der Waals surface area contributed by atoms with Crippen LogP contribution in [0.2, 0.25) is 0 Å². The van der Waals surface area contributed by atoms with Gasteiger partial charge < -0.3 is 30.9 Å². The number of benzene rings is 1. The summed E-state index contributed by atoms with van der Waals surface area (Å²) in [4.78, 5) is 17.4. The fraction of sp³-hybridized carbons (Fsp3) is 0.190. The van der Waals surface area contributed by atoms with Crippen LogP contribution in [0.5, 0.6) is 5.75 Å². The summed E-state index contributed by atoms with van der Waals surface area (Å²) in [7, 11) is 1.59. The quantitative estimate of drug-likeness (QED) is 0.435. The van der Waals surface area contributed by atoms with Crippen molar-refractivity contribution in [3.63, 3.8) is 0 Å². The van der Waals surface area contributed by atoms with Gasteiger partial charge in [0.15, 0.2) is 0 Å². The third-order valence-electron chi connectivity index (χ3n) is 4.52. The highest BCUT2D eigenvalue weighted by Crippen LogP contribution is 2.21. The number of fused-ring (bicyclic) bond motifs is 1. The zero-order valence-corrected chi connectivity index (χ0v) is 16.1. The second kappa shape index (κ2) is 9.03. The Bertz CT molecular complexity index is 1070. The summed E-state index contributed by atoms with van der Waals surface area (Å²) in [5.74, 6) is 0.445. The Balaban J connectivity index is 1.91. The van der Waals surface area contributed by atoms with Gasteiger partial charge in [0, 0.05) is 36.5 Å². The summed E-state index contributed by atoms with van der Waals surface area (Å²) in [6.45, 7) is 0.410. The van der Waals surface area contributed by atoms with Crippen LogP contribution >= 0.6 is 0 Å². The van der Waals surface area contributed by atoms with E-state index in [9.17, 15) is 9.90 Å². The number of allylic oxidation sites excluding steroid dienone is 1. The third kappa shape index (κ3) is 4.27. The van der Waals surface area contributed by atoms with Crippen molar-refractivity contribution in [3.05, 3.63) is 65.6 Å². The molecule has 8 heteroatoms. The van der Waals surface area contributed by atoms with E-state index in [2.05, 4.69) is 10.3 Å². The van der Waals surface area contributed by atoms with Crippen LogP contribution in [0.25, 0.3) is 16.6 Å². The van der Waals surface area contributed by atoms with Gasteiger partial charge in [-0.05, 0) is 35.9 Å². The minimum absolute atomic E-state index is 0.143. The fourth-order valence-corrected chi connectivity index (χ4v) is 3.07. The minimum atomic E-state index is -0.275. The van der Waals surface area contributed by atoms with Crippen molar-refractivity contribution in [1.29, 1.82) is 5.41 Å². The molecule has 0 aliphatic carbocycles. The van der Waals surface area contributed by atoms with E-state index in [0.717, 1.165) is 22.9 Å². The molecule has 0 aliphatic rings. The van der Waals surface area contributed by atoms with Crippen LogP contribution in [0.1, 0.15) is 21.7 Å². The van der Waals surface area contributed by atoms with Gasteiger partial charge in [0.1, 0.15) is 17.1 Å². The molecule has 0 bridgehead atoms. The summed E-state index contributed by atoms with van der Waals surface area (Å²) in [6, 6.07) is 12.8. The maximum Gasteiger partial charge on any atom is 0.268 e. The number of nitrogens with zero attached hydrogens (tertiary/aromatic N) is 2. The molecule has 1 amide bonds. The second-order valence-corrected chi connectivity index (χ2v) is 6.31. The SMILES string of the molecule is COc1cccc(CNC(=O)c2cc3ccc(/C(C=N)=C/N)nc3n2CCO)c1. The number of pyridine rings is 1. The van der Waals surface area contributed by atoms with Crippen LogP contribution in [0.3, 0.4) is 0 Å². The number of carbonyl (C=O) groups excluding carboxylic acids is 1. The maximum absolute atomic E-state index is 12.8. The molecular formula is C21H23N5O3. The molecule has 5 N–H and O–H groups in total. The summed E-state index contributed by atoms with van der Waals surface area (Å²) in [5, 5.41) is 20.6. The molecule has 2 aromatic heterocycles. The van der Waals surface area contributed by atoms with Crippen molar-refractivity contribution in [3.8, 4) is 5.75 Å². The molecule has 3 rings (SSSR count). The Hall–Kier alpha value is -3.65. The molecule has 0 unspecified atom stereocenters. The Labute approximate surface area is 168 Å². The molecule has 1 aromatic carbocycles. The number of rotatable bonds is 8. The standard InChI is InChI=1S/C21H23N5O3/c1-29-17-4-2-3-14(9-17)13-24-21(28)19-10-15-5-6-18(16(11-22)12-23)25-20(15)26(19)7-8-27/h2-6,9-12,22,27H,7-8,13,23H2,1H3,(H,24,28)/b16-12+,22-11?. The molecule has 0 saturated carbocycles. The largest absolute Gasteiger partial charge is 0.497 e. The first kappa shape index (κ1) is 20.1. The average molecular weight is 393 g/mol. The first-order valence-electron chi connectivity index (χ1n) is 9.06. The van der Waals surface area contributed by atoms with E-state index in [4.69, 9.17) is 15.9 Å². The number of methoxy groups -OCH3 is 1. The number of nitrogens with two attached hydrogens (primary N) is 1. The minimum Gasteiger partial charge on any atom is -0.497 e. The van der Waals surface area contributed by atoms with Gasteiger partial charge >= 0.3 is 0 Å². The average Bonchev–Trinajstić information content (AvgIpc) is 3.11. The van der Waals surface area contributed by atoms with Crippen molar-refractivity contribution in [2.24, 2.45) is 5.73 Å². The molecule has 2 heterocycles. The number of ether oxygens (including phenoxy) is 1. The zero-order valence-electron chi connectivity index (χ0n) is 16.1. The van der Waals surface area contributed by atoms with Crippen LogP contribution in [0.15, 0.2) is 48.7 Å². The zero-order chi connectivity index (χ0) is 20.8. The Morgan fingerprint density at radius 2 is 2.17 bits per heavy atom. The van der Waals surface area contributed by atoms with Crippen molar-refractivity contribution in [2.45, 2.75) is 13.1 Å². The number of hydrogen-bond acceptors (Lipinski definition) is 6.